The summed E-state index contributed by atoms with van der Waals surface area (Å²) in [5.41, 5.74) is 7.79. The van der Waals surface area contributed by atoms with E-state index in [1.54, 1.807) is 47.5 Å². The van der Waals surface area contributed by atoms with E-state index >= 15 is 0 Å². The predicted octanol–water partition coefficient (Wildman–Crippen LogP) is 8.35. The number of carbonyl (C=O) groups excluding carboxylic acids is 2. The average molecular weight is 961 g/mol. The van der Waals surface area contributed by atoms with E-state index in [-0.39, 0.29) is 31.4 Å². The van der Waals surface area contributed by atoms with Crippen molar-refractivity contribution in [2.75, 3.05) is 94.7 Å². The van der Waals surface area contributed by atoms with Crippen molar-refractivity contribution in [1.29, 1.82) is 0 Å². The maximum atomic E-state index is 13.1. The lowest BCUT2D eigenvalue weighted by Gasteiger charge is -2.35. The number of methoxy groups -OCH3 is 5. The van der Waals surface area contributed by atoms with E-state index in [1.165, 1.54) is 43.2 Å². The molecule has 4 aromatic carbocycles. The summed E-state index contributed by atoms with van der Waals surface area (Å²) >= 11 is 0. The first-order valence-electron chi connectivity index (χ1n) is 23.8. The Morgan fingerprint density at radius 3 is 2.27 bits per heavy atom. The zero-order valence-corrected chi connectivity index (χ0v) is 41.6. The Morgan fingerprint density at radius 1 is 0.829 bits per heavy atom. The number of ether oxygens (including phenoxy) is 7. The molecule has 0 radical (unpaired) electrons. The molecule has 0 spiro atoms. The Labute approximate surface area is 412 Å². The van der Waals surface area contributed by atoms with Crippen molar-refractivity contribution >= 4 is 23.6 Å². The molecule has 1 saturated heterocycles. The van der Waals surface area contributed by atoms with Crippen LogP contribution in [0.3, 0.4) is 0 Å². The number of amides is 1. The molecular formula is C55H68N4O11. The predicted molar refractivity (Wildman–Crippen MR) is 269 cm³/mol. The first kappa shape index (κ1) is 52.7. The fraction of sp³-hybridized carbons (Fsp3) is 0.418. The first-order chi connectivity index (χ1) is 34.0. The number of non-ortho nitro benzene ring substituents is 1. The van der Waals surface area contributed by atoms with Crippen LogP contribution in [0.25, 0.3) is 6.08 Å². The fourth-order valence-corrected chi connectivity index (χ4v) is 9.31. The molecule has 7 rings (SSSR count). The van der Waals surface area contributed by atoms with Gasteiger partial charge < -0.3 is 48.3 Å². The molecule has 1 N–H and O–H groups in total. The number of nitro benzene ring substituents is 1. The number of carbonyl (C=O) groups is 2. The quantitative estimate of drug-likeness (QED) is 0.0390. The first-order valence-corrected chi connectivity index (χ1v) is 23.8. The van der Waals surface area contributed by atoms with Gasteiger partial charge in [0.05, 0.1) is 65.2 Å². The van der Waals surface area contributed by atoms with Gasteiger partial charge in [-0.3, -0.25) is 14.9 Å². The van der Waals surface area contributed by atoms with Gasteiger partial charge >= 0.3 is 5.97 Å². The van der Waals surface area contributed by atoms with Crippen LogP contribution in [0.2, 0.25) is 0 Å². The van der Waals surface area contributed by atoms with Crippen LogP contribution < -0.4 is 24.3 Å². The summed E-state index contributed by atoms with van der Waals surface area (Å²) in [7, 11) is 8.15. The van der Waals surface area contributed by atoms with Crippen LogP contribution >= 0.6 is 0 Å². The topological polar surface area (TPSA) is 160 Å². The number of piperidine rings is 1. The van der Waals surface area contributed by atoms with E-state index in [9.17, 15) is 19.7 Å². The molecule has 70 heavy (non-hydrogen) atoms. The smallest absolute Gasteiger partial charge is 0.336 e. The number of nitro groups is 1. The molecule has 2 atom stereocenters. The highest BCUT2D eigenvalue weighted by Crippen LogP contribution is 2.40. The van der Waals surface area contributed by atoms with E-state index in [0.717, 1.165) is 85.2 Å². The molecule has 1 unspecified atom stereocenters. The van der Waals surface area contributed by atoms with Crippen molar-refractivity contribution < 1.29 is 47.7 Å². The summed E-state index contributed by atoms with van der Waals surface area (Å²) in [5, 5.41) is 14.7. The number of dihydropyridines is 1. The van der Waals surface area contributed by atoms with E-state index in [4.69, 9.17) is 33.2 Å². The van der Waals surface area contributed by atoms with E-state index in [0.29, 0.717) is 41.5 Å². The third kappa shape index (κ3) is 14.2. The molecule has 15 heteroatoms. The third-order valence-corrected chi connectivity index (χ3v) is 12.9. The van der Waals surface area contributed by atoms with Crippen LogP contribution in [0.4, 0.5) is 5.69 Å². The third-order valence-electron chi connectivity index (χ3n) is 12.9. The molecule has 3 aliphatic rings. The van der Waals surface area contributed by atoms with Crippen LogP contribution in [0.5, 0.6) is 23.0 Å². The van der Waals surface area contributed by atoms with Crippen molar-refractivity contribution in [3.05, 3.63) is 151 Å². The fourth-order valence-electron chi connectivity index (χ4n) is 9.31. The summed E-state index contributed by atoms with van der Waals surface area (Å²) in [5.74, 6) is 2.60. The van der Waals surface area contributed by atoms with Gasteiger partial charge in [0.25, 0.3) is 5.69 Å². The minimum atomic E-state index is -0.552. The van der Waals surface area contributed by atoms with E-state index in [1.807, 2.05) is 67.6 Å². The maximum Gasteiger partial charge on any atom is 0.336 e. The second-order valence-corrected chi connectivity index (χ2v) is 17.5. The van der Waals surface area contributed by atoms with Gasteiger partial charge in [0.1, 0.15) is 6.61 Å². The average Bonchev–Trinajstić information content (AvgIpc) is 3.52. The molecule has 3 heterocycles. The monoisotopic (exact) mass is 960 g/mol. The van der Waals surface area contributed by atoms with Gasteiger partial charge in [-0.05, 0) is 110 Å². The number of nitrogens with one attached hydrogen (secondary N) is 1. The molecule has 0 saturated carbocycles. The maximum absolute atomic E-state index is 13.1. The lowest BCUT2D eigenvalue weighted by Crippen LogP contribution is -2.44. The minimum Gasteiger partial charge on any atom is -0.493 e. The second kappa shape index (κ2) is 26.3. The number of rotatable bonds is 20. The number of allylic oxidation sites excluding steroid dienone is 2. The van der Waals surface area contributed by atoms with Crippen LogP contribution in [-0.4, -0.2) is 121 Å². The van der Waals surface area contributed by atoms with Crippen LogP contribution in [0.15, 0.2) is 114 Å². The standard InChI is InChI=1S/C28H38N2O5.C27H30N2O6/c1-32-24-8-7-20(14-25(24)33-2)9-12-29-11-5-6-21(18-29)19-30-13-10-22-15-26(34-3)27(35-4)16-23(22)17-28(30)31;1-19-24(18-34-14-8-11-21-9-5-4-6-10-21)26(22-12-7-13-23(17-22)29(31)32)25(20(2)28-19)27(30)35-16-15-33-3/h7-8,14-16,21H,5-6,9-13,17-19H2,1-4H3;4-13,17,26,28H,14-16,18H2,1-3H3/b;11-8+/t21-;/m0./s1. The Kier molecular flexibility index (Phi) is 19.8. The molecular weight excluding hydrogens is 893 g/mol. The van der Waals surface area contributed by atoms with Gasteiger partial charge in [0.15, 0.2) is 23.0 Å². The largest absolute Gasteiger partial charge is 0.493 e. The molecule has 15 nitrogen and oxygen atoms in total. The Hall–Kier alpha value is -6.68. The van der Waals surface area contributed by atoms with Crippen molar-refractivity contribution in [2.24, 2.45) is 5.92 Å². The summed E-state index contributed by atoms with van der Waals surface area (Å²) in [6.45, 7) is 9.40. The van der Waals surface area contributed by atoms with Crippen molar-refractivity contribution in [1.82, 2.24) is 15.1 Å². The van der Waals surface area contributed by atoms with E-state index < -0.39 is 16.8 Å². The molecule has 1 fully saturated rings. The van der Waals surface area contributed by atoms with Crippen LogP contribution in [-0.2, 0) is 43.1 Å². The highest BCUT2D eigenvalue weighted by molar-refractivity contribution is 5.92. The lowest BCUT2D eigenvalue weighted by molar-refractivity contribution is -0.384. The number of hydrogen-bond acceptors (Lipinski definition) is 13. The normalized spacial score (nSPS) is 17.2. The number of likely N-dealkylation sites (tertiary alicyclic amines) is 1. The lowest BCUT2D eigenvalue weighted by atomic mass is 9.80. The van der Waals surface area contributed by atoms with Crippen molar-refractivity contribution in [3.63, 3.8) is 0 Å². The molecule has 4 aromatic rings. The summed E-state index contributed by atoms with van der Waals surface area (Å²) in [4.78, 5) is 41.8. The van der Waals surface area contributed by atoms with Gasteiger partial charge in [-0.25, -0.2) is 4.79 Å². The summed E-state index contributed by atoms with van der Waals surface area (Å²) < 4.78 is 38.1. The van der Waals surface area contributed by atoms with Gasteiger partial charge in [-0.1, -0.05) is 60.7 Å². The molecule has 3 aliphatic heterocycles. The van der Waals surface area contributed by atoms with Crippen molar-refractivity contribution in [3.8, 4) is 23.0 Å². The molecule has 0 aromatic heterocycles. The molecule has 0 aliphatic carbocycles. The molecule has 1 amide bonds. The highest BCUT2D eigenvalue weighted by Gasteiger charge is 2.35. The number of hydrogen-bond donors (Lipinski definition) is 1. The number of benzene rings is 4. The number of nitrogens with zero attached hydrogens (tertiary/aromatic N) is 3. The molecule has 374 valence electrons. The summed E-state index contributed by atoms with van der Waals surface area (Å²) in [6.07, 6.45) is 8.47. The second-order valence-electron chi connectivity index (χ2n) is 17.5. The zero-order valence-electron chi connectivity index (χ0n) is 41.6. The van der Waals surface area contributed by atoms with Crippen molar-refractivity contribution in [2.45, 2.75) is 51.9 Å². The zero-order chi connectivity index (χ0) is 50.0. The molecule has 0 bridgehead atoms. The van der Waals surface area contributed by atoms with Gasteiger partial charge in [0, 0.05) is 62.7 Å². The highest BCUT2D eigenvalue weighted by atomic mass is 16.6. The SMILES string of the molecule is COCCOC(=O)C1=C(C)NC(C)=C(COC/C=C/c2ccccc2)C1c1cccc([N+](=O)[O-])c1.COc1ccc(CCN2CCC[C@H](CN3CCc4cc(OC)c(OC)cc4CC3=O)C2)cc1OC. The minimum absolute atomic E-state index is 0.0468. The summed E-state index contributed by atoms with van der Waals surface area (Å²) in [6, 6.07) is 26.4. The number of fused-ring (bicyclic) bond motifs is 1. The van der Waals surface area contributed by atoms with Gasteiger partial charge in [-0.15, -0.1) is 0 Å². The van der Waals surface area contributed by atoms with Gasteiger partial charge in [-0.2, -0.15) is 0 Å². The van der Waals surface area contributed by atoms with E-state index in [2.05, 4.69) is 27.2 Å². The Balaban J connectivity index is 0.000000230. The van der Waals surface area contributed by atoms with Gasteiger partial charge in [0.2, 0.25) is 5.91 Å². The van der Waals surface area contributed by atoms with Crippen LogP contribution in [0, 0.1) is 16.0 Å². The Bertz CT molecular complexity index is 2510. The van der Waals surface area contributed by atoms with Crippen LogP contribution in [0.1, 0.15) is 60.4 Å². The number of esters is 1. The Morgan fingerprint density at radius 2 is 1.56 bits per heavy atom.